The topological polar surface area (TPSA) is 42.4 Å². The van der Waals surface area contributed by atoms with Crippen LogP contribution in [0, 0.1) is 5.82 Å². The van der Waals surface area contributed by atoms with E-state index in [1.54, 1.807) is 4.90 Å². The molecule has 2 unspecified atom stereocenters. The second-order valence-corrected chi connectivity index (χ2v) is 4.63. The van der Waals surface area contributed by atoms with Gasteiger partial charge in [0, 0.05) is 19.3 Å². The van der Waals surface area contributed by atoms with Gasteiger partial charge in [0.05, 0.1) is 29.8 Å². The molecule has 1 saturated heterocycles. The Morgan fingerprint density at radius 3 is 3.06 bits per heavy atom. The normalized spacial score (nSPS) is 24.1. The van der Waals surface area contributed by atoms with Crippen molar-refractivity contribution >= 4 is 17.5 Å². The van der Waals surface area contributed by atoms with Gasteiger partial charge in [-0.1, -0.05) is 0 Å². The standard InChI is InChI=1S/C12H14ClFN2O2/c1-8-6-16(7-11(3-13)18-8)12(17)9-2-10(14)5-15-4-9/h2,4-5,8,11H,3,6-7H2,1H3. The highest BCUT2D eigenvalue weighted by Gasteiger charge is 2.28. The van der Waals surface area contributed by atoms with Crippen molar-refractivity contribution in [3.63, 3.8) is 0 Å². The lowest BCUT2D eigenvalue weighted by Gasteiger charge is -2.36. The van der Waals surface area contributed by atoms with E-state index >= 15 is 0 Å². The number of carbonyl (C=O) groups excluding carboxylic acids is 1. The highest BCUT2D eigenvalue weighted by atomic mass is 35.5. The van der Waals surface area contributed by atoms with Gasteiger partial charge in [-0.2, -0.15) is 0 Å². The molecule has 0 radical (unpaired) electrons. The molecule has 0 aromatic carbocycles. The zero-order valence-corrected chi connectivity index (χ0v) is 10.7. The summed E-state index contributed by atoms with van der Waals surface area (Å²) in [6.45, 7) is 2.77. The van der Waals surface area contributed by atoms with Crippen LogP contribution < -0.4 is 0 Å². The van der Waals surface area contributed by atoms with Crippen molar-refractivity contribution in [3.8, 4) is 0 Å². The minimum atomic E-state index is -0.518. The molecule has 0 spiro atoms. The van der Waals surface area contributed by atoms with E-state index in [1.165, 1.54) is 12.3 Å². The quantitative estimate of drug-likeness (QED) is 0.770. The van der Waals surface area contributed by atoms with Crippen molar-refractivity contribution in [1.29, 1.82) is 0 Å². The highest BCUT2D eigenvalue weighted by molar-refractivity contribution is 6.18. The van der Waals surface area contributed by atoms with Gasteiger partial charge in [0.15, 0.2) is 0 Å². The fourth-order valence-electron chi connectivity index (χ4n) is 2.01. The van der Waals surface area contributed by atoms with E-state index in [4.69, 9.17) is 16.3 Å². The number of hydrogen-bond acceptors (Lipinski definition) is 3. The fourth-order valence-corrected chi connectivity index (χ4v) is 2.18. The van der Waals surface area contributed by atoms with Gasteiger partial charge >= 0.3 is 0 Å². The number of ether oxygens (including phenoxy) is 1. The molecule has 0 aliphatic carbocycles. The van der Waals surface area contributed by atoms with Gasteiger partial charge in [-0.25, -0.2) is 4.39 Å². The monoisotopic (exact) mass is 272 g/mol. The first-order valence-electron chi connectivity index (χ1n) is 5.71. The molecule has 4 nitrogen and oxygen atoms in total. The Balaban J connectivity index is 2.13. The number of alkyl halides is 1. The summed E-state index contributed by atoms with van der Waals surface area (Å²) in [6, 6.07) is 1.19. The lowest BCUT2D eigenvalue weighted by atomic mass is 10.2. The van der Waals surface area contributed by atoms with Crippen molar-refractivity contribution in [2.24, 2.45) is 0 Å². The third kappa shape index (κ3) is 2.97. The zero-order chi connectivity index (χ0) is 13.1. The van der Waals surface area contributed by atoms with Crippen LogP contribution in [0.4, 0.5) is 4.39 Å². The van der Waals surface area contributed by atoms with E-state index in [0.29, 0.717) is 19.0 Å². The third-order valence-corrected chi connectivity index (χ3v) is 3.08. The van der Waals surface area contributed by atoms with Gasteiger partial charge in [0.1, 0.15) is 5.82 Å². The number of rotatable bonds is 2. The molecule has 1 amide bonds. The number of halogens is 2. The Labute approximate surface area is 110 Å². The first-order chi connectivity index (χ1) is 8.60. The minimum absolute atomic E-state index is 0.0760. The molecule has 1 aliphatic rings. The zero-order valence-electron chi connectivity index (χ0n) is 9.97. The maximum atomic E-state index is 13.0. The molecule has 1 aromatic rings. The van der Waals surface area contributed by atoms with Crippen LogP contribution in [0.1, 0.15) is 17.3 Å². The van der Waals surface area contributed by atoms with Gasteiger partial charge in [-0.15, -0.1) is 11.6 Å². The van der Waals surface area contributed by atoms with Crippen molar-refractivity contribution in [1.82, 2.24) is 9.88 Å². The highest BCUT2D eigenvalue weighted by Crippen LogP contribution is 2.15. The van der Waals surface area contributed by atoms with E-state index in [-0.39, 0.29) is 23.7 Å². The molecule has 1 aromatic heterocycles. The molecule has 0 N–H and O–H groups in total. The van der Waals surface area contributed by atoms with E-state index < -0.39 is 5.82 Å². The molecular formula is C12H14ClFN2O2. The molecule has 2 atom stereocenters. The van der Waals surface area contributed by atoms with Crippen molar-refractivity contribution in [2.75, 3.05) is 19.0 Å². The molecule has 0 bridgehead atoms. The van der Waals surface area contributed by atoms with Crippen molar-refractivity contribution in [3.05, 3.63) is 29.8 Å². The van der Waals surface area contributed by atoms with Crippen LogP contribution in [0.3, 0.4) is 0 Å². The van der Waals surface area contributed by atoms with Gasteiger partial charge in [0.25, 0.3) is 5.91 Å². The molecule has 98 valence electrons. The summed E-state index contributed by atoms with van der Waals surface area (Å²) < 4.78 is 18.6. The average molecular weight is 273 g/mol. The number of pyridine rings is 1. The Morgan fingerprint density at radius 1 is 1.61 bits per heavy atom. The molecule has 0 saturated carbocycles. The summed E-state index contributed by atoms with van der Waals surface area (Å²) in [5.41, 5.74) is 0.248. The van der Waals surface area contributed by atoms with Crippen LogP contribution in [0.5, 0.6) is 0 Å². The largest absolute Gasteiger partial charge is 0.370 e. The Morgan fingerprint density at radius 2 is 2.39 bits per heavy atom. The lowest BCUT2D eigenvalue weighted by Crippen LogP contribution is -2.49. The molecule has 1 fully saturated rings. The van der Waals surface area contributed by atoms with E-state index in [2.05, 4.69) is 4.98 Å². The molecule has 6 heteroatoms. The predicted molar refractivity (Wildman–Crippen MR) is 65.2 cm³/mol. The molecule has 2 heterocycles. The number of hydrogen-bond donors (Lipinski definition) is 0. The van der Waals surface area contributed by atoms with E-state index in [0.717, 1.165) is 6.20 Å². The minimum Gasteiger partial charge on any atom is -0.370 e. The number of amides is 1. The Bertz CT molecular complexity index is 444. The summed E-state index contributed by atoms with van der Waals surface area (Å²) in [7, 11) is 0. The second kappa shape index (κ2) is 5.63. The predicted octanol–water partition coefficient (Wildman–Crippen LogP) is 1.69. The molecule has 2 rings (SSSR count). The number of nitrogens with zero attached hydrogens (tertiary/aromatic N) is 2. The molecule has 1 aliphatic heterocycles. The van der Waals surface area contributed by atoms with Crippen LogP contribution >= 0.6 is 11.6 Å². The van der Waals surface area contributed by atoms with E-state index in [9.17, 15) is 9.18 Å². The Kier molecular flexibility index (Phi) is 4.14. The SMILES string of the molecule is CC1CN(C(=O)c2cncc(F)c2)CC(CCl)O1. The second-order valence-electron chi connectivity index (χ2n) is 4.32. The number of carbonyl (C=O) groups is 1. The van der Waals surface area contributed by atoms with Crippen molar-refractivity contribution in [2.45, 2.75) is 19.1 Å². The van der Waals surface area contributed by atoms with Crippen LogP contribution in [0.2, 0.25) is 0 Å². The average Bonchev–Trinajstić information content (AvgIpc) is 2.37. The number of aromatic nitrogens is 1. The third-order valence-electron chi connectivity index (χ3n) is 2.74. The summed E-state index contributed by atoms with van der Waals surface area (Å²) in [5.74, 6) is -0.432. The number of morpholine rings is 1. The first-order valence-corrected chi connectivity index (χ1v) is 6.25. The van der Waals surface area contributed by atoms with E-state index in [1.807, 2.05) is 6.92 Å². The maximum Gasteiger partial charge on any atom is 0.255 e. The lowest BCUT2D eigenvalue weighted by molar-refractivity contribution is -0.0570. The summed E-state index contributed by atoms with van der Waals surface area (Å²) in [5, 5.41) is 0. The Hall–Kier alpha value is -1.20. The van der Waals surface area contributed by atoms with Gasteiger partial charge in [0.2, 0.25) is 0 Å². The van der Waals surface area contributed by atoms with Crippen molar-refractivity contribution < 1.29 is 13.9 Å². The maximum absolute atomic E-state index is 13.0. The van der Waals surface area contributed by atoms with Crippen LogP contribution in [0.15, 0.2) is 18.5 Å². The van der Waals surface area contributed by atoms with Gasteiger partial charge < -0.3 is 9.64 Å². The van der Waals surface area contributed by atoms with Crippen LogP contribution in [0.25, 0.3) is 0 Å². The fraction of sp³-hybridized carbons (Fsp3) is 0.500. The smallest absolute Gasteiger partial charge is 0.255 e. The van der Waals surface area contributed by atoms with Crippen LogP contribution in [-0.2, 0) is 4.74 Å². The summed E-state index contributed by atoms with van der Waals surface area (Å²) >= 11 is 5.75. The van der Waals surface area contributed by atoms with Crippen LogP contribution in [-0.4, -0.2) is 47.0 Å². The summed E-state index contributed by atoms with van der Waals surface area (Å²) in [6.07, 6.45) is 2.18. The molecule has 18 heavy (non-hydrogen) atoms. The summed E-state index contributed by atoms with van der Waals surface area (Å²) in [4.78, 5) is 17.5. The van der Waals surface area contributed by atoms with Gasteiger partial charge in [-0.3, -0.25) is 9.78 Å². The first kappa shape index (κ1) is 13.2. The van der Waals surface area contributed by atoms with Gasteiger partial charge in [-0.05, 0) is 13.0 Å². The molecular weight excluding hydrogens is 259 g/mol.